The van der Waals surface area contributed by atoms with Gasteiger partial charge in [-0.2, -0.15) is 0 Å². The second-order valence-corrected chi connectivity index (χ2v) is 4.40. The number of primary amides is 1. The van der Waals surface area contributed by atoms with Crippen molar-refractivity contribution in [1.82, 2.24) is 4.98 Å². The number of anilines is 1. The van der Waals surface area contributed by atoms with Gasteiger partial charge in [0.25, 0.3) is 0 Å². The number of aromatic nitrogens is 1. The Bertz CT molecular complexity index is 508. The van der Waals surface area contributed by atoms with Crippen molar-refractivity contribution in [3.8, 4) is 0 Å². The molecule has 3 N–H and O–H groups in total. The number of pyridine rings is 1. The summed E-state index contributed by atoms with van der Waals surface area (Å²) >= 11 is 0. The highest BCUT2D eigenvalue weighted by Crippen LogP contribution is 2.50. The summed E-state index contributed by atoms with van der Waals surface area (Å²) in [6.07, 6.45) is 1.47. The summed E-state index contributed by atoms with van der Waals surface area (Å²) in [5.74, 6) is -0.0736. The first kappa shape index (κ1) is 10.1. The Labute approximate surface area is 97.2 Å². The molecule has 0 atom stereocenters. The first-order valence-corrected chi connectivity index (χ1v) is 5.35. The Hall–Kier alpha value is -2.11. The molecule has 3 rings (SSSR count). The zero-order valence-electron chi connectivity index (χ0n) is 8.97. The van der Waals surface area contributed by atoms with Gasteiger partial charge in [-0.3, -0.25) is 9.78 Å². The molecule has 2 amide bonds. The number of rotatable bonds is 1. The largest absolute Gasteiger partial charge is 0.446 e. The number of hydrogen-bond acceptors (Lipinski definition) is 4. The van der Waals surface area contributed by atoms with E-state index in [0.29, 0.717) is 12.8 Å². The Balaban J connectivity index is 1.86. The van der Waals surface area contributed by atoms with Crippen molar-refractivity contribution < 1.29 is 14.3 Å². The number of ether oxygens (including phenoxy) is 1. The van der Waals surface area contributed by atoms with Crippen LogP contribution in [0, 0.1) is 0 Å². The van der Waals surface area contributed by atoms with Crippen molar-refractivity contribution in [2.75, 3.05) is 5.32 Å². The van der Waals surface area contributed by atoms with Crippen LogP contribution in [-0.2, 0) is 14.9 Å². The van der Waals surface area contributed by atoms with Crippen LogP contribution in [-0.4, -0.2) is 23.1 Å². The molecule has 1 fully saturated rings. The summed E-state index contributed by atoms with van der Waals surface area (Å²) in [5.41, 5.74) is 5.80. The van der Waals surface area contributed by atoms with E-state index in [1.165, 1.54) is 0 Å². The number of carbonyl (C=O) groups excluding carboxylic acids is 2. The molecule has 1 aliphatic carbocycles. The summed E-state index contributed by atoms with van der Waals surface area (Å²) in [4.78, 5) is 26.8. The maximum absolute atomic E-state index is 11.9. The Morgan fingerprint density at radius 1 is 1.59 bits per heavy atom. The normalized spacial score (nSPS) is 29.4. The van der Waals surface area contributed by atoms with Gasteiger partial charge >= 0.3 is 6.09 Å². The molecule has 1 spiro atoms. The molecule has 6 heteroatoms. The standard InChI is InChI=1S/C11H11N3O3/c12-10(16)17-6-4-11(5-6)8-7(14-9(11)15)2-1-3-13-8/h1-3,6H,4-5H2,(H2,12,16)(H,14,15). The zero-order chi connectivity index (χ0) is 12.0. The van der Waals surface area contributed by atoms with Crippen molar-refractivity contribution in [3.05, 3.63) is 24.0 Å². The first-order valence-electron chi connectivity index (χ1n) is 5.35. The van der Waals surface area contributed by atoms with Crippen LogP contribution in [0.2, 0.25) is 0 Å². The van der Waals surface area contributed by atoms with Crippen molar-refractivity contribution >= 4 is 17.7 Å². The maximum Gasteiger partial charge on any atom is 0.404 e. The molecule has 0 unspecified atom stereocenters. The Kier molecular flexibility index (Phi) is 1.89. The van der Waals surface area contributed by atoms with Crippen LogP contribution in [0.15, 0.2) is 18.3 Å². The van der Waals surface area contributed by atoms with Gasteiger partial charge in [-0.25, -0.2) is 4.79 Å². The molecule has 1 aliphatic heterocycles. The lowest BCUT2D eigenvalue weighted by molar-refractivity contribution is -0.128. The number of amides is 2. The highest BCUT2D eigenvalue weighted by molar-refractivity contribution is 6.06. The van der Waals surface area contributed by atoms with E-state index >= 15 is 0 Å². The van der Waals surface area contributed by atoms with Crippen LogP contribution in [0.4, 0.5) is 10.5 Å². The molecule has 88 valence electrons. The molecule has 17 heavy (non-hydrogen) atoms. The minimum atomic E-state index is -0.801. The molecule has 0 radical (unpaired) electrons. The third-order valence-corrected chi connectivity index (χ3v) is 3.38. The van der Waals surface area contributed by atoms with Crippen LogP contribution < -0.4 is 11.1 Å². The minimum Gasteiger partial charge on any atom is -0.446 e. The molecule has 2 heterocycles. The van der Waals surface area contributed by atoms with Gasteiger partial charge in [0, 0.05) is 19.0 Å². The molecule has 1 aromatic heterocycles. The van der Waals surface area contributed by atoms with Crippen molar-refractivity contribution in [1.29, 1.82) is 0 Å². The van der Waals surface area contributed by atoms with E-state index in [0.717, 1.165) is 11.4 Å². The minimum absolute atomic E-state index is 0.0736. The smallest absolute Gasteiger partial charge is 0.404 e. The maximum atomic E-state index is 11.9. The monoisotopic (exact) mass is 233 g/mol. The van der Waals surface area contributed by atoms with Gasteiger partial charge in [0.2, 0.25) is 5.91 Å². The molecular weight excluding hydrogens is 222 g/mol. The van der Waals surface area contributed by atoms with Crippen molar-refractivity contribution in [2.24, 2.45) is 5.73 Å². The average molecular weight is 233 g/mol. The van der Waals surface area contributed by atoms with E-state index < -0.39 is 11.5 Å². The van der Waals surface area contributed by atoms with E-state index in [1.54, 1.807) is 12.3 Å². The third kappa shape index (κ3) is 1.30. The summed E-state index contributed by atoms with van der Waals surface area (Å²) < 4.78 is 4.87. The van der Waals surface area contributed by atoms with Crippen LogP contribution in [0.3, 0.4) is 0 Å². The second kappa shape index (κ2) is 3.19. The van der Waals surface area contributed by atoms with E-state index in [-0.39, 0.29) is 12.0 Å². The molecule has 6 nitrogen and oxygen atoms in total. The predicted octanol–water partition coefficient (Wildman–Crippen LogP) is 0.529. The van der Waals surface area contributed by atoms with E-state index in [1.807, 2.05) is 6.07 Å². The number of nitrogens with one attached hydrogen (secondary N) is 1. The van der Waals surface area contributed by atoms with E-state index in [2.05, 4.69) is 10.3 Å². The summed E-state index contributed by atoms with van der Waals surface area (Å²) in [5, 5.41) is 2.79. The number of hydrogen-bond donors (Lipinski definition) is 2. The SMILES string of the molecule is NC(=O)OC1CC2(C1)C(=O)Nc1cccnc12. The molecule has 1 saturated carbocycles. The molecule has 2 aliphatic rings. The highest BCUT2D eigenvalue weighted by atomic mass is 16.6. The van der Waals surface area contributed by atoms with Gasteiger partial charge < -0.3 is 15.8 Å². The lowest BCUT2D eigenvalue weighted by Crippen LogP contribution is -2.51. The fraction of sp³-hybridized carbons (Fsp3) is 0.364. The lowest BCUT2D eigenvalue weighted by Gasteiger charge is -2.41. The molecule has 1 aromatic rings. The second-order valence-electron chi connectivity index (χ2n) is 4.40. The van der Waals surface area contributed by atoms with Crippen LogP contribution in [0.1, 0.15) is 18.5 Å². The lowest BCUT2D eigenvalue weighted by atomic mass is 9.65. The first-order chi connectivity index (χ1) is 8.12. The van der Waals surface area contributed by atoms with Crippen molar-refractivity contribution in [2.45, 2.75) is 24.4 Å². The fourth-order valence-electron chi connectivity index (χ4n) is 2.58. The quantitative estimate of drug-likeness (QED) is 0.739. The fourth-order valence-corrected chi connectivity index (χ4v) is 2.58. The van der Waals surface area contributed by atoms with Crippen LogP contribution >= 0.6 is 0 Å². The predicted molar refractivity (Wildman–Crippen MR) is 58.2 cm³/mol. The summed E-state index contributed by atoms with van der Waals surface area (Å²) in [6.45, 7) is 0. The topological polar surface area (TPSA) is 94.3 Å². The van der Waals surface area contributed by atoms with Gasteiger partial charge in [0.1, 0.15) is 11.5 Å². The van der Waals surface area contributed by atoms with Crippen molar-refractivity contribution in [3.63, 3.8) is 0 Å². The summed E-state index contributed by atoms with van der Waals surface area (Å²) in [6, 6.07) is 3.59. The highest BCUT2D eigenvalue weighted by Gasteiger charge is 2.58. The van der Waals surface area contributed by atoms with E-state index in [4.69, 9.17) is 10.5 Å². The molecule has 0 bridgehead atoms. The Morgan fingerprint density at radius 3 is 3.06 bits per heavy atom. The van der Waals surface area contributed by atoms with Crippen LogP contribution in [0.25, 0.3) is 0 Å². The van der Waals surface area contributed by atoms with Gasteiger partial charge in [-0.1, -0.05) is 0 Å². The Morgan fingerprint density at radius 2 is 2.35 bits per heavy atom. The van der Waals surface area contributed by atoms with Gasteiger partial charge in [-0.15, -0.1) is 0 Å². The number of fused-ring (bicyclic) bond motifs is 2. The molecule has 0 aromatic carbocycles. The average Bonchev–Trinajstić information content (AvgIpc) is 2.51. The number of nitrogens with zero attached hydrogens (tertiary/aromatic N) is 1. The van der Waals surface area contributed by atoms with Gasteiger partial charge in [0.15, 0.2) is 0 Å². The zero-order valence-corrected chi connectivity index (χ0v) is 8.97. The molecular formula is C11H11N3O3. The van der Waals surface area contributed by atoms with Gasteiger partial charge in [0.05, 0.1) is 11.4 Å². The number of carbonyl (C=O) groups is 2. The summed E-state index contributed by atoms with van der Waals surface area (Å²) in [7, 11) is 0. The van der Waals surface area contributed by atoms with Gasteiger partial charge in [-0.05, 0) is 12.1 Å². The van der Waals surface area contributed by atoms with E-state index in [9.17, 15) is 9.59 Å². The third-order valence-electron chi connectivity index (χ3n) is 3.38. The number of nitrogens with two attached hydrogens (primary N) is 1. The molecule has 0 saturated heterocycles. The van der Waals surface area contributed by atoms with Crippen LogP contribution in [0.5, 0.6) is 0 Å².